The number of rotatable bonds is 8. The lowest BCUT2D eigenvalue weighted by molar-refractivity contribution is 0.137. The largest absolute Gasteiger partial charge is 0.465 e. The van der Waals surface area contributed by atoms with Crippen molar-refractivity contribution >= 4 is 11.9 Å². The van der Waals surface area contributed by atoms with Crippen LogP contribution in [-0.2, 0) is 12.8 Å². The van der Waals surface area contributed by atoms with Crippen molar-refractivity contribution in [2.24, 2.45) is 0 Å². The fourth-order valence-corrected chi connectivity index (χ4v) is 2.70. The first-order valence-electron chi connectivity index (χ1n) is 8.06. The van der Waals surface area contributed by atoms with Crippen molar-refractivity contribution in [3.63, 3.8) is 0 Å². The van der Waals surface area contributed by atoms with Gasteiger partial charge in [-0.25, -0.2) is 18.6 Å². The Balaban J connectivity index is 1.78. The van der Waals surface area contributed by atoms with Gasteiger partial charge in [0.2, 0.25) is 6.43 Å². The molecule has 5 nitrogen and oxygen atoms in total. The molecule has 7 heteroatoms. The van der Waals surface area contributed by atoms with Gasteiger partial charge in [0, 0.05) is 25.2 Å². The number of hydrogen-bond donors (Lipinski definition) is 2. The van der Waals surface area contributed by atoms with Crippen molar-refractivity contribution in [1.29, 1.82) is 0 Å². The Hall–Kier alpha value is -1.76. The smallest absolute Gasteiger partial charge is 0.413 e. The zero-order valence-electron chi connectivity index (χ0n) is 13.1. The first kappa shape index (κ1) is 17.6. The summed E-state index contributed by atoms with van der Waals surface area (Å²) in [6.45, 7) is 1.54. The second-order valence-corrected chi connectivity index (χ2v) is 5.71. The highest BCUT2D eigenvalue weighted by Crippen LogP contribution is 2.25. The molecular formula is C16H23F2N3O2. The summed E-state index contributed by atoms with van der Waals surface area (Å²) in [7, 11) is 0. The van der Waals surface area contributed by atoms with Gasteiger partial charge in [-0.15, -0.1) is 0 Å². The molecule has 128 valence electrons. The number of aromatic nitrogens is 1. The standard InChI is InChI=1S/C16H23F2N3O2/c17-14(18)8-10-19-9-2-1-5-13-7-6-12-4-3-11-21(16(22)23)15(12)20-13/h6-7,14,19H,1-5,8-11H2,(H,22,23). The molecule has 1 aromatic rings. The summed E-state index contributed by atoms with van der Waals surface area (Å²) in [5.41, 5.74) is 1.86. The SMILES string of the molecule is O=C(O)N1CCCc2ccc(CCCCNCCC(F)F)nc21. The third-order valence-corrected chi connectivity index (χ3v) is 3.90. The molecule has 0 aliphatic carbocycles. The van der Waals surface area contributed by atoms with Crippen LogP contribution >= 0.6 is 0 Å². The molecule has 0 unspecified atom stereocenters. The highest BCUT2D eigenvalue weighted by atomic mass is 19.3. The third-order valence-electron chi connectivity index (χ3n) is 3.90. The van der Waals surface area contributed by atoms with Crippen LogP contribution in [0.25, 0.3) is 0 Å². The third kappa shape index (κ3) is 5.42. The van der Waals surface area contributed by atoms with Crippen molar-refractivity contribution < 1.29 is 18.7 Å². The minimum absolute atomic E-state index is 0.114. The fraction of sp³-hybridized carbons (Fsp3) is 0.625. The highest BCUT2D eigenvalue weighted by Gasteiger charge is 2.23. The van der Waals surface area contributed by atoms with Crippen molar-refractivity contribution in [3.05, 3.63) is 23.4 Å². The zero-order valence-corrected chi connectivity index (χ0v) is 13.1. The number of nitrogens with zero attached hydrogens (tertiary/aromatic N) is 2. The minimum Gasteiger partial charge on any atom is -0.465 e. The molecule has 0 aromatic carbocycles. The molecule has 2 rings (SSSR count). The van der Waals surface area contributed by atoms with Gasteiger partial charge in [0.25, 0.3) is 0 Å². The van der Waals surface area contributed by atoms with Crippen LogP contribution in [0.15, 0.2) is 12.1 Å². The molecule has 0 fully saturated rings. The maximum absolute atomic E-state index is 12.0. The van der Waals surface area contributed by atoms with E-state index in [2.05, 4.69) is 10.3 Å². The number of aryl methyl sites for hydroxylation is 2. The van der Waals surface area contributed by atoms with Crippen molar-refractivity contribution in [2.75, 3.05) is 24.5 Å². The molecule has 2 heterocycles. The number of unbranched alkanes of at least 4 members (excludes halogenated alkanes) is 1. The molecule has 0 spiro atoms. The summed E-state index contributed by atoms with van der Waals surface area (Å²) in [4.78, 5) is 17.1. The number of halogens is 2. The molecule has 0 saturated carbocycles. The van der Waals surface area contributed by atoms with E-state index >= 15 is 0 Å². The van der Waals surface area contributed by atoms with E-state index in [0.29, 0.717) is 25.5 Å². The lowest BCUT2D eigenvalue weighted by atomic mass is 10.0. The second-order valence-electron chi connectivity index (χ2n) is 5.71. The first-order chi connectivity index (χ1) is 11.1. The number of anilines is 1. The lowest BCUT2D eigenvalue weighted by Gasteiger charge is -2.26. The van der Waals surface area contributed by atoms with E-state index in [1.807, 2.05) is 12.1 Å². The molecule has 0 bridgehead atoms. The number of hydrogen-bond acceptors (Lipinski definition) is 3. The predicted molar refractivity (Wildman–Crippen MR) is 84.4 cm³/mol. The van der Waals surface area contributed by atoms with Crippen LogP contribution < -0.4 is 10.2 Å². The molecule has 0 atom stereocenters. The van der Waals surface area contributed by atoms with E-state index in [-0.39, 0.29) is 6.42 Å². The van der Waals surface area contributed by atoms with Crippen LogP contribution in [0.2, 0.25) is 0 Å². The Morgan fingerprint density at radius 3 is 2.91 bits per heavy atom. The second kappa shape index (κ2) is 8.76. The van der Waals surface area contributed by atoms with Crippen LogP contribution in [0.3, 0.4) is 0 Å². The minimum atomic E-state index is -2.25. The fourth-order valence-electron chi connectivity index (χ4n) is 2.70. The summed E-state index contributed by atoms with van der Waals surface area (Å²) < 4.78 is 23.9. The number of amides is 1. The van der Waals surface area contributed by atoms with Crippen molar-refractivity contribution in [1.82, 2.24) is 10.3 Å². The lowest BCUT2D eigenvalue weighted by Crippen LogP contribution is -2.35. The Morgan fingerprint density at radius 2 is 2.17 bits per heavy atom. The number of nitrogens with one attached hydrogen (secondary N) is 1. The van der Waals surface area contributed by atoms with Gasteiger partial charge in [-0.2, -0.15) is 0 Å². The molecular weight excluding hydrogens is 304 g/mol. The summed E-state index contributed by atoms with van der Waals surface area (Å²) in [6, 6.07) is 3.92. The topological polar surface area (TPSA) is 65.5 Å². The van der Waals surface area contributed by atoms with E-state index < -0.39 is 12.5 Å². The molecule has 23 heavy (non-hydrogen) atoms. The quantitative estimate of drug-likeness (QED) is 0.720. The van der Waals surface area contributed by atoms with Gasteiger partial charge in [-0.05, 0) is 50.3 Å². The Kier molecular flexibility index (Phi) is 6.70. The van der Waals surface area contributed by atoms with Crippen molar-refractivity contribution in [3.8, 4) is 0 Å². The Bertz CT molecular complexity index is 526. The number of pyridine rings is 1. The van der Waals surface area contributed by atoms with Gasteiger partial charge < -0.3 is 10.4 Å². The summed E-state index contributed by atoms with van der Waals surface area (Å²) in [5, 5.41) is 12.2. The highest BCUT2D eigenvalue weighted by molar-refractivity contribution is 5.86. The van der Waals surface area contributed by atoms with Gasteiger partial charge in [-0.1, -0.05) is 6.07 Å². The summed E-state index contributed by atoms with van der Waals surface area (Å²) in [5.74, 6) is 0.566. The van der Waals surface area contributed by atoms with Crippen LogP contribution in [0.5, 0.6) is 0 Å². The first-order valence-corrected chi connectivity index (χ1v) is 8.06. The van der Waals surface area contributed by atoms with E-state index in [1.165, 1.54) is 4.90 Å². The number of fused-ring (bicyclic) bond motifs is 1. The molecule has 1 aliphatic heterocycles. The molecule has 0 radical (unpaired) electrons. The van der Waals surface area contributed by atoms with E-state index in [1.54, 1.807) is 0 Å². The van der Waals surface area contributed by atoms with Crippen LogP contribution in [0.4, 0.5) is 19.4 Å². The molecule has 1 aliphatic rings. The van der Waals surface area contributed by atoms with Gasteiger partial charge in [0.05, 0.1) is 0 Å². The molecule has 1 aromatic heterocycles. The summed E-state index contributed by atoms with van der Waals surface area (Å²) >= 11 is 0. The molecule has 1 amide bonds. The van der Waals surface area contributed by atoms with Crippen molar-refractivity contribution in [2.45, 2.75) is 45.0 Å². The summed E-state index contributed by atoms with van der Waals surface area (Å²) in [6.07, 6.45) is 0.892. The molecule has 2 N–H and O–H groups in total. The average molecular weight is 327 g/mol. The van der Waals surface area contributed by atoms with E-state index in [0.717, 1.165) is 43.4 Å². The number of alkyl halides is 2. The van der Waals surface area contributed by atoms with Crippen LogP contribution in [0, 0.1) is 0 Å². The van der Waals surface area contributed by atoms with Gasteiger partial charge in [0.1, 0.15) is 5.82 Å². The maximum atomic E-state index is 12.0. The van der Waals surface area contributed by atoms with Gasteiger partial charge in [-0.3, -0.25) is 4.90 Å². The Labute approximate surface area is 134 Å². The molecule has 0 saturated heterocycles. The number of carbonyl (C=O) groups is 1. The van der Waals surface area contributed by atoms with Crippen LogP contribution in [-0.4, -0.2) is 42.2 Å². The predicted octanol–water partition coefficient (Wildman–Crippen LogP) is 3.08. The normalized spacial score (nSPS) is 14.1. The van der Waals surface area contributed by atoms with E-state index in [9.17, 15) is 18.7 Å². The monoisotopic (exact) mass is 327 g/mol. The van der Waals surface area contributed by atoms with Crippen LogP contribution in [0.1, 0.15) is 36.9 Å². The Morgan fingerprint density at radius 1 is 1.35 bits per heavy atom. The van der Waals surface area contributed by atoms with Gasteiger partial charge in [0.15, 0.2) is 0 Å². The average Bonchev–Trinajstić information content (AvgIpc) is 2.52. The maximum Gasteiger partial charge on any atom is 0.413 e. The zero-order chi connectivity index (χ0) is 16.7. The van der Waals surface area contributed by atoms with Gasteiger partial charge >= 0.3 is 6.09 Å². The van der Waals surface area contributed by atoms with E-state index in [4.69, 9.17) is 0 Å². The number of carboxylic acid groups (broad SMARTS) is 1.